The predicted octanol–water partition coefficient (Wildman–Crippen LogP) is 1.07. The van der Waals surface area contributed by atoms with E-state index in [1.165, 1.54) is 12.1 Å². The van der Waals surface area contributed by atoms with Crippen LogP contribution in [0.15, 0.2) is 29.2 Å². The van der Waals surface area contributed by atoms with Gasteiger partial charge < -0.3 is 5.32 Å². The highest BCUT2D eigenvalue weighted by molar-refractivity contribution is 7.89. The Balaban J connectivity index is 2.65. The molecule has 0 aliphatic heterocycles. The zero-order valence-electron chi connectivity index (χ0n) is 8.18. The van der Waals surface area contributed by atoms with Crippen LogP contribution < -0.4 is 10.5 Å². The molecule has 15 heavy (non-hydrogen) atoms. The highest BCUT2D eigenvalue weighted by Gasteiger charge is 2.05. The Morgan fingerprint density at radius 1 is 1.27 bits per heavy atom. The summed E-state index contributed by atoms with van der Waals surface area (Å²) in [5, 5.41) is 8.11. The van der Waals surface area contributed by atoms with Crippen LogP contribution in [0.5, 0.6) is 0 Å². The fourth-order valence-corrected chi connectivity index (χ4v) is 1.75. The van der Waals surface area contributed by atoms with Gasteiger partial charge in [-0.2, -0.15) is 12.6 Å². The van der Waals surface area contributed by atoms with E-state index >= 15 is 0 Å². The number of sulfonamides is 1. The lowest BCUT2D eigenvalue weighted by atomic mass is 10.3. The van der Waals surface area contributed by atoms with Crippen LogP contribution in [0.1, 0.15) is 6.42 Å². The third kappa shape index (κ3) is 4.11. The zero-order chi connectivity index (χ0) is 11.3. The average Bonchev–Trinajstić information content (AvgIpc) is 2.18. The minimum absolute atomic E-state index is 0.127. The largest absolute Gasteiger partial charge is 0.385 e. The van der Waals surface area contributed by atoms with Crippen LogP contribution in [0.4, 0.5) is 5.69 Å². The third-order valence-electron chi connectivity index (χ3n) is 1.85. The first kappa shape index (κ1) is 12.4. The Bertz CT molecular complexity index is 401. The molecule has 0 atom stereocenters. The van der Waals surface area contributed by atoms with Gasteiger partial charge in [0.2, 0.25) is 10.0 Å². The Morgan fingerprint density at radius 3 is 2.33 bits per heavy atom. The molecule has 3 N–H and O–H groups in total. The molecule has 0 bridgehead atoms. The van der Waals surface area contributed by atoms with E-state index in [9.17, 15) is 8.42 Å². The Kier molecular flexibility index (Phi) is 4.44. The molecule has 0 aliphatic rings. The van der Waals surface area contributed by atoms with Crippen LogP contribution in [0, 0.1) is 0 Å². The molecule has 0 unspecified atom stereocenters. The normalized spacial score (nSPS) is 11.3. The van der Waals surface area contributed by atoms with Gasteiger partial charge in [-0.25, -0.2) is 13.6 Å². The summed E-state index contributed by atoms with van der Waals surface area (Å²) in [4.78, 5) is 0.127. The van der Waals surface area contributed by atoms with Gasteiger partial charge in [-0.1, -0.05) is 0 Å². The van der Waals surface area contributed by atoms with Crippen molar-refractivity contribution in [1.82, 2.24) is 0 Å². The smallest absolute Gasteiger partial charge is 0.238 e. The van der Waals surface area contributed by atoms with Gasteiger partial charge in [0.15, 0.2) is 0 Å². The van der Waals surface area contributed by atoms with Gasteiger partial charge in [0.05, 0.1) is 4.90 Å². The highest BCUT2D eigenvalue weighted by atomic mass is 32.2. The van der Waals surface area contributed by atoms with Crippen molar-refractivity contribution in [3.05, 3.63) is 24.3 Å². The van der Waals surface area contributed by atoms with Crippen molar-refractivity contribution in [3.8, 4) is 0 Å². The molecule has 0 radical (unpaired) electrons. The van der Waals surface area contributed by atoms with Crippen LogP contribution in [-0.4, -0.2) is 20.7 Å². The number of thiol groups is 1. The van der Waals surface area contributed by atoms with Crippen molar-refractivity contribution in [1.29, 1.82) is 0 Å². The molecule has 1 aromatic carbocycles. The van der Waals surface area contributed by atoms with E-state index in [0.717, 1.165) is 24.4 Å². The van der Waals surface area contributed by atoms with Crippen LogP contribution in [-0.2, 0) is 10.0 Å². The number of hydrogen-bond acceptors (Lipinski definition) is 4. The lowest BCUT2D eigenvalue weighted by molar-refractivity contribution is 0.598. The molecule has 4 nitrogen and oxygen atoms in total. The second-order valence-electron chi connectivity index (χ2n) is 3.07. The number of nitrogens with one attached hydrogen (secondary N) is 1. The van der Waals surface area contributed by atoms with Gasteiger partial charge in [-0.05, 0) is 36.4 Å². The number of nitrogens with two attached hydrogens (primary N) is 1. The minimum atomic E-state index is -3.58. The van der Waals surface area contributed by atoms with Gasteiger partial charge in [-0.15, -0.1) is 0 Å². The molecule has 0 aliphatic carbocycles. The van der Waals surface area contributed by atoms with E-state index < -0.39 is 10.0 Å². The van der Waals surface area contributed by atoms with Gasteiger partial charge >= 0.3 is 0 Å². The molecule has 0 amide bonds. The SMILES string of the molecule is NS(=O)(=O)c1ccc(NCCCS)cc1. The van der Waals surface area contributed by atoms with E-state index in [1.54, 1.807) is 12.1 Å². The summed E-state index contributed by atoms with van der Waals surface area (Å²) in [6.45, 7) is 0.818. The van der Waals surface area contributed by atoms with Crippen molar-refractivity contribution < 1.29 is 8.42 Å². The van der Waals surface area contributed by atoms with E-state index in [2.05, 4.69) is 17.9 Å². The number of hydrogen-bond donors (Lipinski definition) is 3. The second-order valence-corrected chi connectivity index (χ2v) is 5.08. The minimum Gasteiger partial charge on any atom is -0.385 e. The maximum atomic E-state index is 11.0. The van der Waals surface area contributed by atoms with E-state index in [-0.39, 0.29) is 4.90 Å². The summed E-state index contributed by atoms with van der Waals surface area (Å²) in [6.07, 6.45) is 0.958. The van der Waals surface area contributed by atoms with Gasteiger partial charge in [0.25, 0.3) is 0 Å². The quantitative estimate of drug-likeness (QED) is 0.537. The molecule has 0 saturated carbocycles. The van der Waals surface area contributed by atoms with Crippen molar-refractivity contribution in [2.45, 2.75) is 11.3 Å². The standard InChI is InChI=1S/C9H14N2O2S2/c10-15(12,13)9-4-2-8(3-5-9)11-6-1-7-14/h2-5,11,14H,1,6-7H2,(H2,10,12,13). The molecular formula is C9H14N2O2S2. The fraction of sp³-hybridized carbons (Fsp3) is 0.333. The molecule has 6 heteroatoms. The molecule has 1 rings (SSSR count). The Labute approximate surface area is 95.3 Å². The van der Waals surface area contributed by atoms with Crippen LogP contribution in [0.3, 0.4) is 0 Å². The molecule has 1 aromatic rings. The molecule has 0 saturated heterocycles. The first-order chi connectivity index (χ1) is 7.04. The molecular weight excluding hydrogens is 232 g/mol. The predicted molar refractivity (Wildman–Crippen MR) is 64.8 cm³/mol. The zero-order valence-corrected chi connectivity index (χ0v) is 9.89. The number of rotatable bonds is 5. The number of primary sulfonamides is 1. The average molecular weight is 246 g/mol. The van der Waals surface area contributed by atoms with Crippen molar-refractivity contribution in [2.75, 3.05) is 17.6 Å². The van der Waals surface area contributed by atoms with E-state index in [4.69, 9.17) is 5.14 Å². The molecule has 0 aromatic heterocycles. The Hall–Kier alpha value is -0.720. The highest BCUT2D eigenvalue weighted by Crippen LogP contribution is 2.12. The molecule has 0 spiro atoms. The maximum Gasteiger partial charge on any atom is 0.238 e. The fourth-order valence-electron chi connectivity index (χ4n) is 1.07. The molecule has 0 fully saturated rings. The van der Waals surface area contributed by atoms with Crippen molar-refractivity contribution >= 4 is 28.3 Å². The second kappa shape index (κ2) is 5.39. The summed E-state index contributed by atoms with van der Waals surface area (Å²) in [5.41, 5.74) is 0.879. The summed E-state index contributed by atoms with van der Waals surface area (Å²) in [6, 6.07) is 6.35. The maximum absolute atomic E-state index is 11.0. The summed E-state index contributed by atoms with van der Waals surface area (Å²) in [7, 11) is -3.58. The van der Waals surface area contributed by atoms with Gasteiger partial charge in [0.1, 0.15) is 0 Å². The summed E-state index contributed by atoms with van der Waals surface area (Å²) < 4.78 is 21.9. The monoisotopic (exact) mass is 246 g/mol. The van der Waals surface area contributed by atoms with Crippen molar-refractivity contribution in [2.24, 2.45) is 5.14 Å². The van der Waals surface area contributed by atoms with Crippen molar-refractivity contribution in [3.63, 3.8) is 0 Å². The van der Waals surface area contributed by atoms with Gasteiger partial charge in [0, 0.05) is 12.2 Å². The van der Waals surface area contributed by atoms with Gasteiger partial charge in [-0.3, -0.25) is 0 Å². The first-order valence-electron chi connectivity index (χ1n) is 4.51. The summed E-state index contributed by atoms with van der Waals surface area (Å²) in [5.74, 6) is 0.822. The van der Waals surface area contributed by atoms with Crippen LogP contribution in [0.25, 0.3) is 0 Å². The third-order valence-corrected chi connectivity index (χ3v) is 3.09. The lowest BCUT2D eigenvalue weighted by Crippen LogP contribution is -2.12. The Morgan fingerprint density at radius 2 is 1.87 bits per heavy atom. The van der Waals surface area contributed by atoms with E-state index in [1.807, 2.05) is 0 Å². The summed E-state index contributed by atoms with van der Waals surface area (Å²) >= 11 is 4.09. The number of benzene rings is 1. The first-order valence-corrected chi connectivity index (χ1v) is 6.69. The van der Waals surface area contributed by atoms with Crippen LogP contribution in [0.2, 0.25) is 0 Å². The topological polar surface area (TPSA) is 72.2 Å². The number of anilines is 1. The molecule has 84 valence electrons. The van der Waals surface area contributed by atoms with E-state index in [0.29, 0.717) is 0 Å². The molecule has 0 heterocycles. The van der Waals surface area contributed by atoms with Crippen LogP contribution >= 0.6 is 12.6 Å². The lowest BCUT2D eigenvalue weighted by Gasteiger charge is -2.05.